The number of aliphatic hydroxyl groups is 7. The molecule has 0 spiro atoms. The molecule has 2 aliphatic heterocycles. The molecule has 7 N–H and O–H groups in total. The van der Waals surface area contributed by atoms with E-state index < -0.39 is 99.3 Å². The number of ether oxygens (including phenoxy) is 6. The van der Waals surface area contributed by atoms with E-state index in [2.05, 4.69) is 74.6 Å². The van der Waals surface area contributed by atoms with Gasteiger partial charge in [0.25, 0.3) is 0 Å². The van der Waals surface area contributed by atoms with E-state index in [-0.39, 0.29) is 19.4 Å². The summed E-state index contributed by atoms with van der Waals surface area (Å²) < 4.78 is 33.5. The summed E-state index contributed by atoms with van der Waals surface area (Å²) in [7, 11) is 0. The fraction of sp³-hybridized carbons (Fsp3) is 0.765. The summed E-state index contributed by atoms with van der Waals surface area (Å²) in [6, 6.07) is 0. The number of unbranched alkanes of at least 4 members (excludes halogenated alkanes) is 13. The lowest BCUT2D eigenvalue weighted by atomic mass is 9.98. The maximum Gasteiger partial charge on any atom is 0.306 e. The number of carbonyl (C=O) groups excluding carboxylic acids is 2. The van der Waals surface area contributed by atoms with Gasteiger partial charge in [0.15, 0.2) is 18.7 Å². The van der Waals surface area contributed by atoms with E-state index in [1.165, 1.54) is 44.9 Å². The van der Waals surface area contributed by atoms with Gasteiger partial charge in [-0.2, -0.15) is 0 Å². The van der Waals surface area contributed by atoms with E-state index >= 15 is 0 Å². The monoisotopic (exact) mass is 939 g/mol. The number of carbonyl (C=O) groups is 2. The van der Waals surface area contributed by atoms with Gasteiger partial charge in [0, 0.05) is 12.8 Å². The van der Waals surface area contributed by atoms with Crippen molar-refractivity contribution in [3.05, 3.63) is 60.8 Å². The normalized spacial score (nSPS) is 26.7. The first-order chi connectivity index (χ1) is 32.0. The molecule has 2 saturated heterocycles. The molecule has 15 heteroatoms. The van der Waals surface area contributed by atoms with Crippen LogP contribution in [-0.4, -0.2) is 142 Å². The Morgan fingerprint density at radius 1 is 0.485 bits per heavy atom. The van der Waals surface area contributed by atoms with Crippen LogP contribution in [0.25, 0.3) is 0 Å². The molecule has 0 radical (unpaired) electrons. The van der Waals surface area contributed by atoms with Gasteiger partial charge in [-0.25, -0.2) is 0 Å². The Morgan fingerprint density at radius 2 is 0.939 bits per heavy atom. The van der Waals surface area contributed by atoms with Crippen LogP contribution < -0.4 is 0 Å². The van der Waals surface area contributed by atoms with Gasteiger partial charge in [-0.15, -0.1) is 0 Å². The van der Waals surface area contributed by atoms with Crippen LogP contribution >= 0.6 is 0 Å². The zero-order valence-electron chi connectivity index (χ0n) is 39.9. The largest absolute Gasteiger partial charge is 0.462 e. The first kappa shape index (κ1) is 59.3. The fourth-order valence-electron chi connectivity index (χ4n) is 7.32. The highest BCUT2D eigenvalue weighted by molar-refractivity contribution is 5.70. The molecule has 2 heterocycles. The molecule has 0 bridgehead atoms. The lowest BCUT2D eigenvalue weighted by Gasteiger charge is -2.42. The van der Waals surface area contributed by atoms with Gasteiger partial charge < -0.3 is 64.2 Å². The molecule has 0 amide bonds. The molecule has 0 aliphatic carbocycles. The summed E-state index contributed by atoms with van der Waals surface area (Å²) in [6.07, 6.45) is 25.4. The number of aliphatic hydroxyl groups excluding tert-OH is 7. The summed E-state index contributed by atoms with van der Waals surface area (Å²) in [5.41, 5.74) is 0. The van der Waals surface area contributed by atoms with Crippen LogP contribution in [0.15, 0.2) is 60.8 Å². The Morgan fingerprint density at radius 3 is 1.50 bits per heavy atom. The molecule has 66 heavy (non-hydrogen) atoms. The van der Waals surface area contributed by atoms with E-state index in [0.29, 0.717) is 12.8 Å². The predicted molar refractivity (Wildman–Crippen MR) is 252 cm³/mol. The average Bonchev–Trinajstić information content (AvgIpc) is 3.31. The van der Waals surface area contributed by atoms with Crippen LogP contribution in [0.2, 0.25) is 0 Å². The standard InChI is InChI=1S/C51H86O15/c1-3-5-7-9-11-13-15-17-18-19-20-22-23-25-27-29-31-33-42(53)61-36-39(64-43(54)34-32-30-28-26-24-21-16-14-12-10-8-6-4-2)37-62-50-49(60)47(58)45(56)41(66-50)38-63-51-48(59)46(57)44(55)40(35-52)65-51/h7,9,13,15,18-19,21-24,39-41,44-52,55-60H,3-6,8,10-12,14,16-17,20,25-38H2,1-2H3/b9-7+,15-13+,19-18+,23-22+,24-21+/t39-,40+,41+,44-,45-,46?,47?,48?,49?,50+,51+/m0/s1. The van der Waals surface area contributed by atoms with Gasteiger partial charge in [-0.1, -0.05) is 126 Å². The van der Waals surface area contributed by atoms with E-state index in [9.17, 15) is 45.3 Å². The zero-order chi connectivity index (χ0) is 48.2. The molecule has 11 atom stereocenters. The van der Waals surface area contributed by atoms with Crippen molar-refractivity contribution in [2.24, 2.45) is 0 Å². The third-order valence-electron chi connectivity index (χ3n) is 11.4. The molecule has 15 nitrogen and oxygen atoms in total. The van der Waals surface area contributed by atoms with Crippen molar-refractivity contribution >= 4 is 11.9 Å². The van der Waals surface area contributed by atoms with Crippen molar-refractivity contribution in [2.45, 2.75) is 223 Å². The van der Waals surface area contributed by atoms with Gasteiger partial charge >= 0.3 is 11.9 Å². The second-order valence-electron chi connectivity index (χ2n) is 17.3. The SMILES string of the molecule is CCC/C=C/C/C=C/C/C=C/C/C=C/CCCCCC(=O)OC[C@@H](CO[C@@H]1O[C@H](CO[C@@H]2O[C@H](CO)[C@H](O)C(O)C2O)[C@H](O)C(O)C1O)OC(=O)CCCCC/C=C/CCCCCCCC. The van der Waals surface area contributed by atoms with Gasteiger partial charge in [0.2, 0.25) is 0 Å². The van der Waals surface area contributed by atoms with Crippen LogP contribution in [0, 0.1) is 0 Å². The molecule has 2 fully saturated rings. The highest BCUT2D eigenvalue weighted by Crippen LogP contribution is 2.26. The number of allylic oxidation sites excluding steroid dienone is 10. The van der Waals surface area contributed by atoms with E-state index in [1.54, 1.807) is 0 Å². The molecule has 0 aromatic rings. The number of hydrogen-bond acceptors (Lipinski definition) is 15. The molecule has 0 aromatic carbocycles. The maximum atomic E-state index is 13.0. The fourth-order valence-corrected chi connectivity index (χ4v) is 7.32. The average molecular weight is 939 g/mol. The van der Waals surface area contributed by atoms with Crippen molar-refractivity contribution in [2.75, 3.05) is 26.4 Å². The number of rotatable bonds is 37. The lowest BCUT2D eigenvalue weighted by molar-refractivity contribution is -0.332. The lowest BCUT2D eigenvalue weighted by Crippen LogP contribution is -2.61. The molecule has 4 unspecified atom stereocenters. The second kappa shape index (κ2) is 38.1. The Bertz CT molecular complexity index is 1380. The summed E-state index contributed by atoms with van der Waals surface area (Å²) in [5, 5.41) is 72.0. The van der Waals surface area contributed by atoms with E-state index in [0.717, 1.165) is 70.6 Å². The van der Waals surface area contributed by atoms with Crippen LogP contribution in [0.4, 0.5) is 0 Å². The Labute approximate surface area is 394 Å². The van der Waals surface area contributed by atoms with Crippen molar-refractivity contribution in [3.63, 3.8) is 0 Å². The van der Waals surface area contributed by atoms with Crippen LogP contribution in [0.5, 0.6) is 0 Å². The van der Waals surface area contributed by atoms with Crippen molar-refractivity contribution in [3.8, 4) is 0 Å². The zero-order valence-corrected chi connectivity index (χ0v) is 39.9. The summed E-state index contributed by atoms with van der Waals surface area (Å²) >= 11 is 0. The molecular weight excluding hydrogens is 853 g/mol. The minimum atomic E-state index is -1.77. The minimum absolute atomic E-state index is 0.135. The minimum Gasteiger partial charge on any atom is -0.462 e. The van der Waals surface area contributed by atoms with E-state index in [1.807, 2.05) is 0 Å². The molecular formula is C51H86O15. The third-order valence-corrected chi connectivity index (χ3v) is 11.4. The quantitative estimate of drug-likeness (QED) is 0.0201. The molecule has 2 aliphatic rings. The summed E-state index contributed by atoms with van der Waals surface area (Å²) in [6.45, 7) is 2.44. The Balaban J connectivity index is 1.84. The highest BCUT2D eigenvalue weighted by Gasteiger charge is 2.47. The number of hydrogen-bond donors (Lipinski definition) is 7. The van der Waals surface area contributed by atoms with Gasteiger partial charge in [-0.05, 0) is 77.0 Å². The number of esters is 2. The first-order valence-electron chi connectivity index (χ1n) is 24.9. The summed E-state index contributed by atoms with van der Waals surface area (Å²) in [5.74, 6) is -0.985. The predicted octanol–water partition coefficient (Wildman–Crippen LogP) is 6.49. The van der Waals surface area contributed by atoms with Crippen molar-refractivity contribution < 1.29 is 73.8 Å². The third kappa shape index (κ3) is 26.1. The van der Waals surface area contributed by atoms with Gasteiger partial charge in [-0.3, -0.25) is 9.59 Å². The van der Waals surface area contributed by atoms with Gasteiger partial charge in [0.05, 0.1) is 19.8 Å². The van der Waals surface area contributed by atoms with Crippen LogP contribution in [-0.2, 0) is 38.0 Å². The smallest absolute Gasteiger partial charge is 0.306 e. The highest BCUT2D eigenvalue weighted by atomic mass is 16.7. The van der Waals surface area contributed by atoms with E-state index in [4.69, 9.17) is 28.4 Å². The van der Waals surface area contributed by atoms with Crippen molar-refractivity contribution in [1.82, 2.24) is 0 Å². The molecule has 0 aromatic heterocycles. The molecule has 380 valence electrons. The maximum absolute atomic E-state index is 13.0. The Hall–Kier alpha value is -2.80. The van der Waals surface area contributed by atoms with Crippen molar-refractivity contribution in [1.29, 1.82) is 0 Å². The molecule has 2 rings (SSSR count). The summed E-state index contributed by atoms with van der Waals surface area (Å²) in [4.78, 5) is 25.7. The molecule has 0 saturated carbocycles. The topological polar surface area (TPSA) is 231 Å². The first-order valence-corrected chi connectivity index (χ1v) is 24.9. The second-order valence-corrected chi connectivity index (χ2v) is 17.3. The van der Waals surface area contributed by atoms with Crippen LogP contribution in [0.1, 0.15) is 155 Å². The van der Waals surface area contributed by atoms with Crippen LogP contribution in [0.3, 0.4) is 0 Å². The Kier molecular flexibility index (Phi) is 34.2. The van der Waals surface area contributed by atoms with Gasteiger partial charge in [0.1, 0.15) is 55.4 Å².